The van der Waals surface area contributed by atoms with Crippen LogP contribution in [0.15, 0.2) is 18.2 Å². The topological polar surface area (TPSA) is 73.6 Å². The predicted octanol–water partition coefficient (Wildman–Crippen LogP) is 2.55. The molecule has 0 spiro atoms. The highest BCUT2D eigenvalue weighted by Crippen LogP contribution is 2.22. The van der Waals surface area contributed by atoms with Crippen molar-refractivity contribution in [2.75, 3.05) is 37.5 Å². The quantitative estimate of drug-likeness (QED) is 0.571. The Kier molecular flexibility index (Phi) is 7.36. The van der Waals surface area contributed by atoms with Gasteiger partial charge in [0.2, 0.25) is 5.91 Å². The summed E-state index contributed by atoms with van der Waals surface area (Å²) in [4.78, 5) is 11.6. The molecule has 0 heterocycles. The van der Waals surface area contributed by atoms with Crippen molar-refractivity contribution in [2.24, 2.45) is 5.92 Å². The first-order valence-corrected chi connectivity index (χ1v) is 6.87. The summed E-state index contributed by atoms with van der Waals surface area (Å²) in [7, 11) is 0. The van der Waals surface area contributed by atoms with Gasteiger partial charge in [0.05, 0.1) is 23.9 Å². The van der Waals surface area contributed by atoms with E-state index in [1.165, 1.54) is 0 Å². The van der Waals surface area contributed by atoms with Crippen molar-refractivity contribution in [2.45, 2.75) is 13.8 Å². The fourth-order valence-electron chi connectivity index (χ4n) is 1.42. The molecule has 0 aliphatic carbocycles. The van der Waals surface area contributed by atoms with E-state index in [1.54, 1.807) is 18.2 Å². The number of hydrogen-bond acceptors (Lipinski definition) is 4. The number of nitrogen functional groups attached to an aromatic ring is 1. The lowest BCUT2D eigenvalue weighted by Crippen LogP contribution is -2.20. The third-order valence-electron chi connectivity index (χ3n) is 2.34. The highest BCUT2D eigenvalue weighted by atomic mass is 35.5. The van der Waals surface area contributed by atoms with Crippen molar-refractivity contribution < 1.29 is 14.3 Å². The molecule has 0 aromatic heterocycles. The van der Waals surface area contributed by atoms with Crippen LogP contribution < -0.4 is 11.1 Å². The highest BCUT2D eigenvalue weighted by molar-refractivity contribution is 6.33. The Labute approximate surface area is 124 Å². The lowest BCUT2D eigenvalue weighted by atomic mass is 10.2. The van der Waals surface area contributed by atoms with Gasteiger partial charge < -0.3 is 20.5 Å². The molecule has 1 aromatic rings. The summed E-state index contributed by atoms with van der Waals surface area (Å²) in [5.41, 5.74) is 6.66. The molecule has 0 aliphatic rings. The predicted molar refractivity (Wildman–Crippen MR) is 81.0 cm³/mol. The second-order valence-corrected chi connectivity index (χ2v) is 5.21. The molecular weight excluding hydrogens is 280 g/mol. The maximum Gasteiger partial charge on any atom is 0.250 e. The van der Waals surface area contributed by atoms with E-state index in [4.69, 9.17) is 26.8 Å². The van der Waals surface area contributed by atoms with Gasteiger partial charge in [-0.1, -0.05) is 25.4 Å². The molecule has 0 bridgehead atoms. The van der Waals surface area contributed by atoms with Gasteiger partial charge in [-0.15, -0.1) is 0 Å². The maximum absolute atomic E-state index is 11.6. The summed E-state index contributed by atoms with van der Waals surface area (Å²) in [6.07, 6.45) is 0. The summed E-state index contributed by atoms with van der Waals surface area (Å²) < 4.78 is 10.5. The van der Waals surface area contributed by atoms with Crippen LogP contribution in [-0.4, -0.2) is 32.3 Å². The number of nitrogens with two attached hydrogens (primary N) is 1. The fourth-order valence-corrected chi connectivity index (χ4v) is 1.54. The summed E-state index contributed by atoms with van der Waals surface area (Å²) in [6.45, 7) is 5.70. The second-order valence-electron chi connectivity index (χ2n) is 4.81. The minimum Gasteiger partial charge on any atom is -0.397 e. The van der Waals surface area contributed by atoms with Crippen molar-refractivity contribution in [1.82, 2.24) is 0 Å². The lowest BCUT2D eigenvalue weighted by Gasteiger charge is -2.09. The number of halogens is 1. The molecule has 0 saturated heterocycles. The molecule has 0 radical (unpaired) electrons. The summed E-state index contributed by atoms with van der Waals surface area (Å²) in [6, 6.07) is 4.92. The normalized spacial score (nSPS) is 10.8. The number of anilines is 2. The highest BCUT2D eigenvalue weighted by Gasteiger charge is 2.04. The first-order chi connectivity index (χ1) is 9.49. The number of ether oxygens (including phenoxy) is 2. The molecule has 112 valence electrons. The molecular formula is C14H21ClN2O3. The molecule has 5 nitrogen and oxygen atoms in total. The van der Waals surface area contributed by atoms with Gasteiger partial charge in [-0.2, -0.15) is 0 Å². The number of amides is 1. The zero-order valence-corrected chi connectivity index (χ0v) is 12.6. The number of carbonyl (C=O) groups excluding carboxylic acids is 1. The van der Waals surface area contributed by atoms with E-state index < -0.39 is 0 Å². The molecule has 0 unspecified atom stereocenters. The van der Waals surface area contributed by atoms with E-state index in [0.29, 0.717) is 42.1 Å². The average molecular weight is 301 g/mol. The number of rotatable bonds is 8. The van der Waals surface area contributed by atoms with Crippen LogP contribution in [0.2, 0.25) is 5.02 Å². The SMILES string of the molecule is CC(C)COCCOCC(=O)Nc1ccc(Cl)c(N)c1. The smallest absolute Gasteiger partial charge is 0.250 e. The minimum absolute atomic E-state index is 0.0203. The summed E-state index contributed by atoms with van der Waals surface area (Å²) in [5, 5.41) is 3.14. The zero-order valence-electron chi connectivity index (χ0n) is 11.8. The van der Waals surface area contributed by atoms with Gasteiger partial charge in [0.25, 0.3) is 0 Å². The first-order valence-electron chi connectivity index (χ1n) is 6.49. The third-order valence-corrected chi connectivity index (χ3v) is 2.68. The standard InChI is InChI=1S/C14H21ClN2O3/c1-10(2)8-19-5-6-20-9-14(18)17-11-3-4-12(15)13(16)7-11/h3-4,7,10H,5-6,8-9,16H2,1-2H3,(H,17,18). The van der Waals surface area contributed by atoms with E-state index in [2.05, 4.69) is 19.2 Å². The van der Waals surface area contributed by atoms with Crippen LogP contribution in [0.5, 0.6) is 0 Å². The van der Waals surface area contributed by atoms with Crippen LogP contribution in [0.1, 0.15) is 13.8 Å². The Bertz CT molecular complexity index is 438. The van der Waals surface area contributed by atoms with E-state index in [-0.39, 0.29) is 12.5 Å². The Hall–Kier alpha value is -1.30. The molecule has 0 atom stereocenters. The second kappa shape index (κ2) is 8.79. The molecule has 0 saturated carbocycles. The van der Waals surface area contributed by atoms with Crippen LogP contribution in [0, 0.1) is 5.92 Å². The fraction of sp³-hybridized carbons (Fsp3) is 0.500. The molecule has 1 aromatic carbocycles. The molecule has 6 heteroatoms. The van der Waals surface area contributed by atoms with Gasteiger partial charge in [0.1, 0.15) is 6.61 Å². The average Bonchev–Trinajstić information content (AvgIpc) is 2.38. The Morgan fingerprint density at radius 2 is 2.05 bits per heavy atom. The molecule has 20 heavy (non-hydrogen) atoms. The zero-order chi connectivity index (χ0) is 15.0. The summed E-state index contributed by atoms with van der Waals surface area (Å²) >= 11 is 5.80. The van der Waals surface area contributed by atoms with Gasteiger partial charge in [0, 0.05) is 12.3 Å². The van der Waals surface area contributed by atoms with Crippen LogP contribution in [0.25, 0.3) is 0 Å². The Morgan fingerprint density at radius 3 is 2.70 bits per heavy atom. The van der Waals surface area contributed by atoms with Gasteiger partial charge in [-0.05, 0) is 24.1 Å². The molecule has 3 N–H and O–H groups in total. The summed E-state index contributed by atoms with van der Waals surface area (Å²) in [5.74, 6) is 0.254. The minimum atomic E-state index is -0.240. The van der Waals surface area contributed by atoms with Crippen molar-refractivity contribution in [1.29, 1.82) is 0 Å². The third kappa shape index (κ3) is 6.75. The van der Waals surface area contributed by atoms with Gasteiger partial charge in [-0.3, -0.25) is 4.79 Å². The lowest BCUT2D eigenvalue weighted by molar-refractivity contribution is -0.121. The van der Waals surface area contributed by atoms with E-state index >= 15 is 0 Å². The molecule has 0 aliphatic heterocycles. The molecule has 1 rings (SSSR count). The van der Waals surface area contributed by atoms with Crippen molar-refractivity contribution >= 4 is 28.9 Å². The van der Waals surface area contributed by atoms with Gasteiger partial charge >= 0.3 is 0 Å². The Balaban J connectivity index is 2.18. The first kappa shape index (κ1) is 16.8. The largest absolute Gasteiger partial charge is 0.397 e. The van der Waals surface area contributed by atoms with Crippen LogP contribution in [0.4, 0.5) is 11.4 Å². The maximum atomic E-state index is 11.6. The van der Waals surface area contributed by atoms with Crippen LogP contribution in [0.3, 0.4) is 0 Å². The van der Waals surface area contributed by atoms with Gasteiger partial charge in [-0.25, -0.2) is 0 Å². The van der Waals surface area contributed by atoms with Crippen LogP contribution in [-0.2, 0) is 14.3 Å². The number of nitrogens with one attached hydrogen (secondary N) is 1. The van der Waals surface area contributed by atoms with Crippen LogP contribution >= 0.6 is 11.6 Å². The number of hydrogen-bond donors (Lipinski definition) is 2. The molecule has 0 fully saturated rings. The van der Waals surface area contributed by atoms with Crippen molar-refractivity contribution in [3.8, 4) is 0 Å². The van der Waals surface area contributed by atoms with E-state index in [9.17, 15) is 4.79 Å². The monoisotopic (exact) mass is 300 g/mol. The van der Waals surface area contributed by atoms with Crippen molar-refractivity contribution in [3.05, 3.63) is 23.2 Å². The van der Waals surface area contributed by atoms with E-state index in [0.717, 1.165) is 0 Å². The number of benzene rings is 1. The number of carbonyl (C=O) groups is 1. The van der Waals surface area contributed by atoms with Crippen molar-refractivity contribution in [3.63, 3.8) is 0 Å². The van der Waals surface area contributed by atoms with E-state index in [1.807, 2.05) is 0 Å². The van der Waals surface area contributed by atoms with Gasteiger partial charge in [0.15, 0.2) is 0 Å². The molecule has 1 amide bonds. The Morgan fingerprint density at radius 1 is 1.35 bits per heavy atom.